The van der Waals surface area contributed by atoms with Crippen molar-refractivity contribution in [2.75, 3.05) is 13.7 Å². The van der Waals surface area contributed by atoms with E-state index in [9.17, 15) is 18.8 Å². The number of halogens is 1. The summed E-state index contributed by atoms with van der Waals surface area (Å²) in [6.45, 7) is 2.66. The van der Waals surface area contributed by atoms with Crippen molar-refractivity contribution in [2.24, 2.45) is 0 Å². The van der Waals surface area contributed by atoms with Gasteiger partial charge in [0.15, 0.2) is 0 Å². The summed E-state index contributed by atoms with van der Waals surface area (Å²) in [6, 6.07) is 4.91. The molecule has 0 aliphatic heterocycles. The number of carbonyl (C=O) groups excluding carboxylic acids is 3. The first kappa shape index (κ1) is 16.6. The number of hydrogen-bond acceptors (Lipinski definition) is 4. The first-order chi connectivity index (χ1) is 9.76. The monoisotopic (exact) mass is 296 g/mol. The van der Waals surface area contributed by atoms with Crippen molar-refractivity contribution in [3.63, 3.8) is 0 Å². The minimum absolute atomic E-state index is 0.233. The fraction of sp³-hybridized carbons (Fsp3) is 0.357. The molecule has 0 heterocycles. The number of ether oxygens (including phenoxy) is 1. The molecule has 0 fully saturated rings. The lowest BCUT2D eigenvalue weighted by molar-refractivity contribution is -0.149. The van der Waals surface area contributed by atoms with Gasteiger partial charge in [-0.1, -0.05) is 0 Å². The van der Waals surface area contributed by atoms with Crippen LogP contribution in [0.3, 0.4) is 0 Å². The third-order valence-electron chi connectivity index (χ3n) is 2.66. The second-order valence-electron chi connectivity index (χ2n) is 4.85. The van der Waals surface area contributed by atoms with Crippen molar-refractivity contribution >= 4 is 17.8 Å². The number of carbonyl (C=O) groups is 3. The Morgan fingerprint density at radius 2 is 1.76 bits per heavy atom. The van der Waals surface area contributed by atoms with Gasteiger partial charge in [-0.3, -0.25) is 9.59 Å². The molecule has 0 atom stereocenters. The number of esters is 1. The number of rotatable bonds is 5. The predicted molar refractivity (Wildman–Crippen MR) is 73.0 cm³/mol. The Kier molecular flexibility index (Phi) is 5.40. The largest absolute Gasteiger partial charge is 0.467 e. The standard InChI is InChI=1S/C14H17FN2O4/c1-14(2,13(20)21-3)17-11(18)8-16-12(19)9-4-6-10(15)7-5-9/h4-7H,8H2,1-3H3,(H,16,19)(H,17,18). The lowest BCUT2D eigenvalue weighted by Gasteiger charge is -2.23. The van der Waals surface area contributed by atoms with Crippen LogP contribution in [0.15, 0.2) is 24.3 Å². The fourth-order valence-corrected chi connectivity index (χ4v) is 1.56. The van der Waals surface area contributed by atoms with Gasteiger partial charge in [-0.2, -0.15) is 0 Å². The van der Waals surface area contributed by atoms with Crippen LogP contribution in [0.1, 0.15) is 24.2 Å². The lowest BCUT2D eigenvalue weighted by Crippen LogP contribution is -2.52. The highest BCUT2D eigenvalue weighted by molar-refractivity contribution is 5.97. The zero-order valence-electron chi connectivity index (χ0n) is 12.0. The van der Waals surface area contributed by atoms with Gasteiger partial charge >= 0.3 is 5.97 Å². The molecule has 7 heteroatoms. The Labute approximate surface area is 121 Å². The molecule has 0 aliphatic carbocycles. The topological polar surface area (TPSA) is 84.5 Å². The Morgan fingerprint density at radius 1 is 1.19 bits per heavy atom. The average Bonchev–Trinajstić information content (AvgIpc) is 2.44. The molecule has 0 spiro atoms. The van der Waals surface area contributed by atoms with E-state index in [0.29, 0.717) is 0 Å². The van der Waals surface area contributed by atoms with Gasteiger partial charge in [-0.15, -0.1) is 0 Å². The molecule has 0 bridgehead atoms. The van der Waals surface area contributed by atoms with Crippen molar-refractivity contribution < 1.29 is 23.5 Å². The lowest BCUT2D eigenvalue weighted by atomic mass is 10.1. The summed E-state index contributed by atoms with van der Waals surface area (Å²) >= 11 is 0. The fourth-order valence-electron chi connectivity index (χ4n) is 1.56. The molecule has 21 heavy (non-hydrogen) atoms. The van der Waals surface area contributed by atoms with Crippen LogP contribution in [0.4, 0.5) is 4.39 Å². The normalized spacial score (nSPS) is 10.7. The molecule has 0 unspecified atom stereocenters. The number of hydrogen-bond donors (Lipinski definition) is 2. The highest BCUT2D eigenvalue weighted by Gasteiger charge is 2.30. The molecule has 1 rings (SSSR count). The first-order valence-corrected chi connectivity index (χ1v) is 6.19. The van der Waals surface area contributed by atoms with Gasteiger partial charge in [0.1, 0.15) is 11.4 Å². The van der Waals surface area contributed by atoms with E-state index in [1.54, 1.807) is 0 Å². The van der Waals surface area contributed by atoms with E-state index in [-0.39, 0.29) is 12.1 Å². The zero-order chi connectivity index (χ0) is 16.0. The molecule has 6 nitrogen and oxygen atoms in total. The number of benzene rings is 1. The molecule has 2 amide bonds. The van der Waals surface area contributed by atoms with E-state index in [4.69, 9.17) is 0 Å². The number of methoxy groups -OCH3 is 1. The second-order valence-corrected chi connectivity index (χ2v) is 4.85. The van der Waals surface area contributed by atoms with Gasteiger partial charge < -0.3 is 15.4 Å². The van der Waals surface area contributed by atoms with Crippen LogP contribution in [-0.4, -0.2) is 37.0 Å². The Balaban J connectivity index is 2.51. The number of amides is 2. The van der Waals surface area contributed by atoms with Gasteiger partial charge in [-0.25, -0.2) is 9.18 Å². The van der Waals surface area contributed by atoms with E-state index in [0.717, 1.165) is 12.1 Å². The minimum Gasteiger partial charge on any atom is -0.467 e. The predicted octanol–water partition coefficient (Wildman–Crippen LogP) is 0.623. The molecule has 0 saturated heterocycles. The first-order valence-electron chi connectivity index (χ1n) is 6.19. The quantitative estimate of drug-likeness (QED) is 0.780. The summed E-state index contributed by atoms with van der Waals surface area (Å²) in [5.41, 5.74) is -0.955. The summed E-state index contributed by atoms with van der Waals surface area (Å²) < 4.78 is 17.3. The molecular formula is C14H17FN2O4. The zero-order valence-corrected chi connectivity index (χ0v) is 12.0. The van der Waals surface area contributed by atoms with Crippen LogP contribution in [0.25, 0.3) is 0 Å². The summed E-state index contributed by atoms with van der Waals surface area (Å²) in [4.78, 5) is 34.8. The van der Waals surface area contributed by atoms with Crippen molar-refractivity contribution in [1.82, 2.24) is 10.6 Å². The van der Waals surface area contributed by atoms with Crippen molar-refractivity contribution in [3.8, 4) is 0 Å². The summed E-state index contributed by atoms with van der Waals surface area (Å²) in [5.74, 6) is -2.10. The van der Waals surface area contributed by atoms with E-state index >= 15 is 0 Å². The summed E-state index contributed by atoms with van der Waals surface area (Å²) in [5, 5.41) is 4.81. The molecule has 0 saturated carbocycles. The molecular weight excluding hydrogens is 279 g/mol. The molecule has 0 radical (unpaired) electrons. The third kappa shape index (κ3) is 4.87. The van der Waals surface area contributed by atoms with Crippen LogP contribution >= 0.6 is 0 Å². The Bertz CT molecular complexity index is 540. The summed E-state index contributed by atoms with van der Waals surface area (Å²) in [7, 11) is 1.21. The molecule has 1 aromatic carbocycles. The van der Waals surface area contributed by atoms with Gasteiger partial charge in [0.25, 0.3) is 5.91 Å². The SMILES string of the molecule is COC(=O)C(C)(C)NC(=O)CNC(=O)c1ccc(F)cc1. The van der Waals surface area contributed by atoms with E-state index in [2.05, 4.69) is 15.4 Å². The van der Waals surface area contributed by atoms with Crippen molar-refractivity contribution in [1.29, 1.82) is 0 Å². The van der Waals surface area contributed by atoms with E-state index in [1.807, 2.05) is 0 Å². The maximum atomic E-state index is 12.7. The Morgan fingerprint density at radius 3 is 2.29 bits per heavy atom. The van der Waals surface area contributed by atoms with Gasteiger partial charge in [0.2, 0.25) is 5.91 Å². The van der Waals surface area contributed by atoms with E-state index < -0.39 is 29.1 Å². The molecule has 0 aromatic heterocycles. The maximum absolute atomic E-state index is 12.7. The van der Waals surface area contributed by atoms with Gasteiger partial charge in [0.05, 0.1) is 13.7 Å². The molecule has 0 aliphatic rings. The van der Waals surface area contributed by atoms with Crippen LogP contribution in [-0.2, 0) is 14.3 Å². The minimum atomic E-state index is -1.19. The average molecular weight is 296 g/mol. The molecule has 1 aromatic rings. The third-order valence-corrected chi connectivity index (χ3v) is 2.66. The molecule has 114 valence electrons. The smallest absolute Gasteiger partial charge is 0.330 e. The van der Waals surface area contributed by atoms with Crippen LogP contribution in [0.5, 0.6) is 0 Å². The Hall–Kier alpha value is -2.44. The van der Waals surface area contributed by atoms with Gasteiger partial charge in [0, 0.05) is 5.56 Å². The molecule has 2 N–H and O–H groups in total. The van der Waals surface area contributed by atoms with Crippen LogP contribution in [0, 0.1) is 5.82 Å². The maximum Gasteiger partial charge on any atom is 0.330 e. The van der Waals surface area contributed by atoms with Crippen molar-refractivity contribution in [2.45, 2.75) is 19.4 Å². The number of nitrogens with one attached hydrogen (secondary N) is 2. The van der Waals surface area contributed by atoms with E-state index in [1.165, 1.54) is 33.1 Å². The summed E-state index contributed by atoms with van der Waals surface area (Å²) in [6.07, 6.45) is 0. The highest BCUT2D eigenvalue weighted by atomic mass is 19.1. The second kappa shape index (κ2) is 6.83. The van der Waals surface area contributed by atoms with Crippen molar-refractivity contribution in [3.05, 3.63) is 35.6 Å². The van der Waals surface area contributed by atoms with Gasteiger partial charge in [-0.05, 0) is 38.1 Å². The van der Waals surface area contributed by atoms with Crippen LogP contribution < -0.4 is 10.6 Å². The van der Waals surface area contributed by atoms with Crippen LogP contribution in [0.2, 0.25) is 0 Å². The highest BCUT2D eigenvalue weighted by Crippen LogP contribution is 2.04.